The average Bonchev–Trinajstić information content (AvgIpc) is 2.53. The first-order valence-electron chi connectivity index (χ1n) is 8.31. The first-order valence-corrected chi connectivity index (χ1v) is 8.31. The Morgan fingerprint density at radius 1 is 1.14 bits per heavy atom. The fraction of sp³-hybridized carbons (Fsp3) is 0.647. The minimum absolute atomic E-state index is 0.167. The van der Waals surface area contributed by atoms with E-state index in [0.717, 1.165) is 37.3 Å². The highest BCUT2D eigenvalue weighted by Crippen LogP contribution is 2.21. The third kappa shape index (κ3) is 4.78. The fourth-order valence-corrected chi connectivity index (χ4v) is 3.18. The lowest BCUT2D eigenvalue weighted by Crippen LogP contribution is -2.54. The van der Waals surface area contributed by atoms with Crippen molar-refractivity contribution in [2.75, 3.05) is 32.8 Å². The van der Waals surface area contributed by atoms with Gasteiger partial charge >= 0.3 is 0 Å². The Labute approximate surface area is 132 Å². The number of hydrogen-bond donors (Lipinski definition) is 0. The summed E-state index contributed by atoms with van der Waals surface area (Å²) < 4.78 is 6.59. The monoisotopic (exact) mass is 307 g/mol. The lowest BCUT2D eigenvalue weighted by molar-refractivity contribution is -0.947. The van der Waals surface area contributed by atoms with Gasteiger partial charge in [-0.1, -0.05) is 19.8 Å². The summed E-state index contributed by atoms with van der Waals surface area (Å²) >= 11 is 0. The number of nitro benzene ring substituents is 1. The molecule has 0 unspecified atom stereocenters. The van der Waals surface area contributed by atoms with Crippen LogP contribution >= 0.6 is 0 Å². The third-order valence-electron chi connectivity index (χ3n) is 4.57. The van der Waals surface area contributed by atoms with E-state index in [9.17, 15) is 10.1 Å². The summed E-state index contributed by atoms with van der Waals surface area (Å²) in [6.45, 7) is 8.09. The van der Waals surface area contributed by atoms with Crippen molar-refractivity contribution in [3.63, 3.8) is 0 Å². The molecule has 0 amide bonds. The highest BCUT2D eigenvalue weighted by molar-refractivity contribution is 5.32. The number of unbranched alkanes of at least 4 members (excludes halogenated alkanes) is 3. The van der Waals surface area contributed by atoms with Gasteiger partial charge in [0.05, 0.1) is 24.7 Å². The zero-order chi connectivity index (χ0) is 15.8. The van der Waals surface area contributed by atoms with Gasteiger partial charge in [0.25, 0.3) is 5.69 Å². The molecule has 0 aromatic heterocycles. The van der Waals surface area contributed by atoms with E-state index in [-0.39, 0.29) is 10.6 Å². The molecule has 1 heterocycles. The fourth-order valence-electron chi connectivity index (χ4n) is 3.18. The maximum absolute atomic E-state index is 10.8. The lowest BCUT2D eigenvalue weighted by Gasteiger charge is -2.41. The standard InChI is InChI=1S/C17H27N2O3/c1-2-3-4-5-10-19(11-13-22-14-12-19)15-16-6-8-17(9-7-16)18(20)21/h6-9H,2-5,10-15H2,1H3/q+1. The van der Waals surface area contributed by atoms with Gasteiger partial charge in [0, 0.05) is 17.7 Å². The molecule has 0 bridgehead atoms. The summed E-state index contributed by atoms with van der Waals surface area (Å²) in [4.78, 5) is 10.4. The van der Waals surface area contributed by atoms with Gasteiger partial charge < -0.3 is 9.22 Å². The summed E-state index contributed by atoms with van der Waals surface area (Å²) in [5.74, 6) is 0. The smallest absolute Gasteiger partial charge is 0.269 e. The molecule has 0 saturated carbocycles. The minimum atomic E-state index is -0.340. The molecule has 1 aromatic rings. The van der Waals surface area contributed by atoms with Crippen LogP contribution in [0.25, 0.3) is 0 Å². The van der Waals surface area contributed by atoms with Crippen molar-refractivity contribution in [2.45, 2.75) is 39.2 Å². The molecule has 0 atom stereocenters. The predicted octanol–water partition coefficient (Wildman–Crippen LogP) is 3.52. The Balaban J connectivity index is 2.00. The van der Waals surface area contributed by atoms with Crippen molar-refractivity contribution < 1.29 is 14.1 Å². The quantitative estimate of drug-likeness (QED) is 0.319. The molecule has 0 radical (unpaired) electrons. The largest absolute Gasteiger partial charge is 0.370 e. The number of nitro groups is 1. The van der Waals surface area contributed by atoms with Crippen LogP contribution in [-0.4, -0.2) is 42.3 Å². The van der Waals surface area contributed by atoms with Gasteiger partial charge in [-0.3, -0.25) is 10.1 Å². The molecular weight excluding hydrogens is 280 g/mol. The van der Waals surface area contributed by atoms with E-state index in [4.69, 9.17) is 4.74 Å². The topological polar surface area (TPSA) is 52.4 Å². The molecule has 5 heteroatoms. The number of non-ortho nitro benzene ring substituents is 1. The Kier molecular flexibility index (Phi) is 6.34. The molecule has 1 aliphatic rings. The lowest BCUT2D eigenvalue weighted by atomic mass is 10.1. The van der Waals surface area contributed by atoms with Crippen LogP contribution in [0.5, 0.6) is 0 Å². The molecule has 5 nitrogen and oxygen atoms in total. The van der Waals surface area contributed by atoms with E-state index in [1.165, 1.54) is 37.8 Å². The van der Waals surface area contributed by atoms with E-state index in [1.807, 2.05) is 12.1 Å². The third-order valence-corrected chi connectivity index (χ3v) is 4.57. The van der Waals surface area contributed by atoms with Crippen molar-refractivity contribution in [3.8, 4) is 0 Å². The van der Waals surface area contributed by atoms with Gasteiger partial charge in [-0.25, -0.2) is 0 Å². The van der Waals surface area contributed by atoms with Gasteiger partial charge in [-0.2, -0.15) is 0 Å². The molecule has 1 aliphatic heterocycles. The van der Waals surface area contributed by atoms with Gasteiger partial charge in [0.2, 0.25) is 0 Å². The Hall–Kier alpha value is -1.46. The van der Waals surface area contributed by atoms with E-state index in [2.05, 4.69) is 6.92 Å². The molecule has 0 spiro atoms. The molecule has 0 aliphatic carbocycles. The van der Waals surface area contributed by atoms with E-state index in [0.29, 0.717) is 0 Å². The highest BCUT2D eigenvalue weighted by Gasteiger charge is 2.30. The number of hydrogen-bond acceptors (Lipinski definition) is 3. The maximum atomic E-state index is 10.8. The Morgan fingerprint density at radius 2 is 1.82 bits per heavy atom. The second-order valence-electron chi connectivity index (χ2n) is 6.27. The van der Waals surface area contributed by atoms with Crippen molar-refractivity contribution in [3.05, 3.63) is 39.9 Å². The van der Waals surface area contributed by atoms with Gasteiger partial charge in [0.15, 0.2) is 0 Å². The van der Waals surface area contributed by atoms with E-state index in [1.54, 1.807) is 12.1 Å². The average molecular weight is 307 g/mol. The number of rotatable bonds is 8. The maximum Gasteiger partial charge on any atom is 0.269 e. The van der Waals surface area contributed by atoms with Crippen LogP contribution in [0.2, 0.25) is 0 Å². The molecular formula is C17H27N2O3+. The highest BCUT2D eigenvalue weighted by atomic mass is 16.6. The van der Waals surface area contributed by atoms with Crippen molar-refractivity contribution in [1.82, 2.24) is 0 Å². The summed E-state index contributed by atoms with van der Waals surface area (Å²) in [7, 11) is 0. The van der Waals surface area contributed by atoms with Crippen molar-refractivity contribution in [1.29, 1.82) is 0 Å². The summed E-state index contributed by atoms with van der Waals surface area (Å²) in [6, 6.07) is 7.03. The van der Waals surface area contributed by atoms with Crippen molar-refractivity contribution >= 4 is 5.69 Å². The van der Waals surface area contributed by atoms with Crippen LogP contribution in [0.3, 0.4) is 0 Å². The van der Waals surface area contributed by atoms with Crippen LogP contribution in [-0.2, 0) is 11.3 Å². The number of quaternary nitrogens is 1. The van der Waals surface area contributed by atoms with Crippen LogP contribution < -0.4 is 0 Å². The van der Waals surface area contributed by atoms with Crippen molar-refractivity contribution in [2.24, 2.45) is 0 Å². The zero-order valence-corrected chi connectivity index (χ0v) is 13.5. The summed E-state index contributed by atoms with van der Waals surface area (Å²) in [5, 5.41) is 10.8. The minimum Gasteiger partial charge on any atom is -0.370 e. The molecule has 1 saturated heterocycles. The summed E-state index contributed by atoms with van der Waals surface area (Å²) in [5.41, 5.74) is 1.35. The van der Waals surface area contributed by atoms with Gasteiger partial charge in [0.1, 0.15) is 19.6 Å². The second kappa shape index (κ2) is 8.25. The molecule has 122 valence electrons. The van der Waals surface area contributed by atoms with E-state index >= 15 is 0 Å². The molecule has 1 aromatic carbocycles. The van der Waals surface area contributed by atoms with Crippen LogP contribution in [0.4, 0.5) is 5.69 Å². The number of nitrogens with zero attached hydrogens (tertiary/aromatic N) is 2. The van der Waals surface area contributed by atoms with Crippen LogP contribution in [0.15, 0.2) is 24.3 Å². The Morgan fingerprint density at radius 3 is 2.41 bits per heavy atom. The predicted molar refractivity (Wildman–Crippen MR) is 86.6 cm³/mol. The second-order valence-corrected chi connectivity index (χ2v) is 6.27. The van der Waals surface area contributed by atoms with Crippen LogP contribution in [0.1, 0.15) is 38.2 Å². The van der Waals surface area contributed by atoms with Gasteiger partial charge in [-0.05, 0) is 25.0 Å². The molecule has 0 N–H and O–H groups in total. The number of benzene rings is 1. The molecule has 22 heavy (non-hydrogen) atoms. The SMILES string of the molecule is CCCCCC[N+]1(Cc2ccc([N+](=O)[O-])cc2)CCOCC1. The number of ether oxygens (including phenoxy) is 1. The first-order chi connectivity index (χ1) is 10.7. The summed E-state index contributed by atoms with van der Waals surface area (Å²) in [6.07, 6.45) is 5.10. The Bertz CT molecular complexity index is 467. The molecule has 1 fully saturated rings. The number of morpholine rings is 1. The zero-order valence-electron chi connectivity index (χ0n) is 13.5. The molecule has 2 rings (SSSR count). The van der Waals surface area contributed by atoms with Crippen LogP contribution in [0, 0.1) is 10.1 Å². The normalized spacial score (nSPS) is 17.3. The van der Waals surface area contributed by atoms with Gasteiger partial charge in [-0.15, -0.1) is 0 Å². The first kappa shape index (κ1) is 16.9. The van der Waals surface area contributed by atoms with E-state index < -0.39 is 0 Å².